The molecule has 0 saturated carbocycles. The largest absolute Gasteiger partial charge is 0.513 e. The summed E-state index contributed by atoms with van der Waals surface area (Å²) < 4.78 is 15.0. The Labute approximate surface area is 135 Å². The molecule has 23 heavy (non-hydrogen) atoms. The van der Waals surface area contributed by atoms with Crippen LogP contribution in [0, 0.1) is 5.41 Å². The normalized spacial score (nSPS) is 14.6. The molecular weight excluding hydrogens is 298 g/mol. The number of hydrogen-bond acceptors (Lipinski definition) is 5. The summed E-state index contributed by atoms with van der Waals surface area (Å²) in [6.07, 6.45) is -0.792. The standard InChI is InChI=1S/C17H21NO5/c1-17(2,3)15(19)18-13-8-6-5-7-11(13)12-9-22-10-14(12)23-16(20)21-4/h5-8H,9-10H2,1-4H3,(H,18,19). The Bertz CT molecular complexity index is 643. The van der Waals surface area contributed by atoms with Crippen molar-refractivity contribution in [3.63, 3.8) is 0 Å². The molecule has 0 aliphatic carbocycles. The van der Waals surface area contributed by atoms with Crippen molar-refractivity contribution in [1.29, 1.82) is 0 Å². The predicted octanol–water partition coefficient (Wildman–Crippen LogP) is 3.20. The highest BCUT2D eigenvalue weighted by Gasteiger charge is 2.26. The molecule has 0 unspecified atom stereocenters. The summed E-state index contributed by atoms with van der Waals surface area (Å²) in [6, 6.07) is 7.34. The number of carbonyl (C=O) groups excluding carboxylic acids is 2. The van der Waals surface area contributed by atoms with E-state index in [9.17, 15) is 9.59 Å². The summed E-state index contributed by atoms with van der Waals surface area (Å²) >= 11 is 0. The second kappa shape index (κ2) is 6.83. The average Bonchev–Trinajstić information content (AvgIpc) is 2.94. The summed E-state index contributed by atoms with van der Waals surface area (Å²) in [4.78, 5) is 23.6. The van der Waals surface area contributed by atoms with E-state index in [0.717, 1.165) is 11.1 Å². The monoisotopic (exact) mass is 319 g/mol. The lowest BCUT2D eigenvalue weighted by Crippen LogP contribution is -2.28. The van der Waals surface area contributed by atoms with Crippen molar-refractivity contribution >= 4 is 23.3 Å². The lowest BCUT2D eigenvalue weighted by Gasteiger charge is -2.19. The zero-order valence-corrected chi connectivity index (χ0v) is 13.8. The van der Waals surface area contributed by atoms with Crippen LogP contribution in [0.2, 0.25) is 0 Å². The third-order valence-electron chi connectivity index (χ3n) is 3.37. The van der Waals surface area contributed by atoms with E-state index in [2.05, 4.69) is 10.1 Å². The first kappa shape index (κ1) is 17.0. The third-order valence-corrected chi connectivity index (χ3v) is 3.37. The molecule has 2 rings (SSSR count). The van der Waals surface area contributed by atoms with Crippen LogP contribution in [-0.2, 0) is 19.0 Å². The molecule has 0 saturated heterocycles. The van der Waals surface area contributed by atoms with Gasteiger partial charge in [0.05, 0.1) is 13.7 Å². The van der Waals surface area contributed by atoms with Gasteiger partial charge in [-0.3, -0.25) is 4.79 Å². The van der Waals surface area contributed by atoms with E-state index in [4.69, 9.17) is 9.47 Å². The number of para-hydroxylation sites is 1. The van der Waals surface area contributed by atoms with Crippen molar-refractivity contribution in [3.8, 4) is 0 Å². The Kier molecular flexibility index (Phi) is 5.05. The number of methoxy groups -OCH3 is 1. The summed E-state index contributed by atoms with van der Waals surface area (Å²) in [7, 11) is 1.25. The zero-order chi connectivity index (χ0) is 17.0. The van der Waals surface area contributed by atoms with Crippen LogP contribution in [0.25, 0.3) is 5.57 Å². The Morgan fingerprint density at radius 1 is 1.17 bits per heavy atom. The van der Waals surface area contributed by atoms with Gasteiger partial charge >= 0.3 is 6.16 Å². The molecule has 124 valence electrons. The molecule has 0 aromatic heterocycles. The first-order valence-electron chi connectivity index (χ1n) is 7.29. The minimum atomic E-state index is -0.792. The topological polar surface area (TPSA) is 73.9 Å². The molecule has 1 amide bonds. The van der Waals surface area contributed by atoms with Gasteiger partial charge in [-0.15, -0.1) is 0 Å². The lowest BCUT2D eigenvalue weighted by molar-refractivity contribution is -0.123. The maximum absolute atomic E-state index is 12.2. The number of ether oxygens (including phenoxy) is 3. The van der Waals surface area contributed by atoms with Gasteiger partial charge in [0.2, 0.25) is 5.91 Å². The van der Waals surface area contributed by atoms with Gasteiger partial charge in [0.15, 0.2) is 0 Å². The smallest absolute Gasteiger partial charge is 0.437 e. The van der Waals surface area contributed by atoms with Gasteiger partial charge in [0, 0.05) is 22.2 Å². The highest BCUT2D eigenvalue weighted by atomic mass is 16.7. The fourth-order valence-corrected chi connectivity index (χ4v) is 2.04. The van der Waals surface area contributed by atoms with E-state index < -0.39 is 11.6 Å². The van der Waals surface area contributed by atoms with E-state index in [1.807, 2.05) is 39.0 Å². The number of amides is 1. The quantitative estimate of drug-likeness (QED) is 0.866. The van der Waals surface area contributed by atoms with Gasteiger partial charge in [-0.05, 0) is 6.07 Å². The van der Waals surface area contributed by atoms with Crippen LogP contribution >= 0.6 is 0 Å². The number of hydrogen-bond donors (Lipinski definition) is 1. The van der Waals surface area contributed by atoms with E-state index in [-0.39, 0.29) is 12.5 Å². The molecule has 0 bridgehead atoms. The molecular formula is C17H21NO5. The Morgan fingerprint density at radius 3 is 2.52 bits per heavy atom. The van der Waals surface area contributed by atoms with Crippen LogP contribution in [-0.4, -0.2) is 32.4 Å². The molecule has 6 heteroatoms. The highest BCUT2D eigenvalue weighted by Crippen LogP contribution is 2.32. The molecule has 1 aliphatic rings. The van der Waals surface area contributed by atoms with E-state index in [1.165, 1.54) is 7.11 Å². The van der Waals surface area contributed by atoms with Crippen molar-refractivity contribution in [3.05, 3.63) is 35.6 Å². The van der Waals surface area contributed by atoms with Crippen LogP contribution in [0.5, 0.6) is 0 Å². The fraction of sp³-hybridized carbons (Fsp3) is 0.412. The van der Waals surface area contributed by atoms with E-state index >= 15 is 0 Å². The summed E-state index contributed by atoms with van der Waals surface area (Å²) in [6.45, 7) is 6.01. The molecule has 0 fully saturated rings. The van der Waals surface area contributed by atoms with Gasteiger partial charge in [0.1, 0.15) is 12.4 Å². The van der Waals surface area contributed by atoms with E-state index in [1.54, 1.807) is 6.07 Å². The second-order valence-electron chi connectivity index (χ2n) is 6.20. The summed E-state index contributed by atoms with van der Waals surface area (Å²) in [5.41, 5.74) is 1.62. The molecule has 1 aromatic rings. The van der Waals surface area contributed by atoms with Gasteiger partial charge in [0.25, 0.3) is 0 Å². The van der Waals surface area contributed by atoms with E-state index in [0.29, 0.717) is 18.1 Å². The van der Waals surface area contributed by atoms with Crippen molar-refractivity contribution in [2.45, 2.75) is 20.8 Å². The van der Waals surface area contributed by atoms with Gasteiger partial charge in [-0.1, -0.05) is 39.0 Å². The predicted molar refractivity (Wildman–Crippen MR) is 85.8 cm³/mol. The minimum Gasteiger partial charge on any atom is -0.437 e. The number of carbonyl (C=O) groups is 2. The van der Waals surface area contributed by atoms with Crippen molar-refractivity contribution < 1.29 is 23.8 Å². The maximum atomic E-state index is 12.2. The third kappa shape index (κ3) is 4.10. The lowest BCUT2D eigenvalue weighted by atomic mass is 9.95. The molecule has 1 aliphatic heterocycles. The van der Waals surface area contributed by atoms with Crippen LogP contribution in [0.4, 0.5) is 10.5 Å². The molecule has 1 aromatic carbocycles. The van der Waals surface area contributed by atoms with Gasteiger partial charge < -0.3 is 19.5 Å². The maximum Gasteiger partial charge on any atom is 0.513 e. The Morgan fingerprint density at radius 2 is 1.87 bits per heavy atom. The SMILES string of the molecule is COC(=O)OC1=C(c2ccccc2NC(=O)C(C)(C)C)COC1. The van der Waals surface area contributed by atoms with Crippen LogP contribution < -0.4 is 5.32 Å². The second-order valence-corrected chi connectivity index (χ2v) is 6.20. The fourth-order valence-electron chi connectivity index (χ4n) is 2.04. The molecule has 6 nitrogen and oxygen atoms in total. The van der Waals surface area contributed by atoms with Crippen molar-refractivity contribution in [1.82, 2.24) is 0 Å². The summed E-state index contributed by atoms with van der Waals surface area (Å²) in [5.74, 6) is 0.300. The molecule has 1 heterocycles. The highest BCUT2D eigenvalue weighted by molar-refractivity contribution is 5.97. The first-order valence-corrected chi connectivity index (χ1v) is 7.29. The molecule has 0 radical (unpaired) electrons. The molecule has 1 N–H and O–H groups in total. The van der Waals surface area contributed by atoms with Gasteiger partial charge in [-0.25, -0.2) is 4.79 Å². The number of anilines is 1. The minimum absolute atomic E-state index is 0.0973. The Hall–Kier alpha value is -2.34. The Balaban J connectivity index is 2.34. The van der Waals surface area contributed by atoms with Crippen molar-refractivity contribution in [2.75, 3.05) is 25.6 Å². The molecule has 0 atom stereocenters. The van der Waals surface area contributed by atoms with Gasteiger partial charge in [-0.2, -0.15) is 0 Å². The van der Waals surface area contributed by atoms with Crippen LogP contribution in [0.3, 0.4) is 0 Å². The zero-order valence-electron chi connectivity index (χ0n) is 13.8. The first-order chi connectivity index (χ1) is 10.8. The van der Waals surface area contributed by atoms with Crippen LogP contribution in [0.1, 0.15) is 26.3 Å². The summed E-state index contributed by atoms with van der Waals surface area (Å²) in [5, 5.41) is 2.91. The number of nitrogens with one attached hydrogen (secondary N) is 1. The van der Waals surface area contributed by atoms with Crippen molar-refractivity contribution in [2.24, 2.45) is 5.41 Å². The number of rotatable bonds is 3. The average molecular weight is 319 g/mol. The number of benzene rings is 1. The van der Waals surface area contributed by atoms with Crippen LogP contribution in [0.15, 0.2) is 30.0 Å². The molecule has 0 spiro atoms.